The van der Waals surface area contributed by atoms with E-state index < -0.39 is 17.4 Å². The van der Waals surface area contributed by atoms with Gasteiger partial charge in [-0.1, -0.05) is 17.7 Å². The molecule has 1 aliphatic rings. The summed E-state index contributed by atoms with van der Waals surface area (Å²) in [5, 5.41) is 1.18. The van der Waals surface area contributed by atoms with Gasteiger partial charge in [-0.25, -0.2) is 14.7 Å². The normalized spacial score (nSPS) is 14.8. The number of rotatable bonds is 9. The molecule has 3 rings (SSSR count). The van der Waals surface area contributed by atoms with E-state index in [9.17, 15) is 9.59 Å². The Morgan fingerprint density at radius 1 is 0.889 bits per heavy atom. The number of methoxy groups -OCH3 is 4. The monoisotopic (exact) mass is 499 g/mol. The average Bonchev–Trinajstić information content (AvgIpc) is 3.00. The average molecular weight is 500 g/mol. The van der Waals surface area contributed by atoms with Gasteiger partial charge in [-0.2, -0.15) is 0 Å². The zero-order chi connectivity index (χ0) is 26.8. The number of carbonyl (C=O) groups is 2. The van der Waals surface area contributed by atoms with Gasteiger partial charge < -0.3 is 23.7 Å². The summed E-state index contributed by atoms with van der Waals surface area (Å²) < 4.78 is 27.1. The Labute approximate surface area is 211 Å². The molecule has 36 heavy (non-hydrogen) atoms. The SMILES string of the molecule is COCON1C(=O)C(c2c(C)cc(C)cc2C)=C(OC(=O)c2cc(OC)c(OC)c(OC)c2)C1(C)C. The van der Waals surface area contributed by atoms with Crippen molar-refractivity contribution in [3.05, 3.63) is 57.8 Å². The van der Waals surface area contributed by atoms with E-state index in [-0.39, 0.29) is 23.7 Å². The number of hydrogen-bond donors (Lipinski definition) is 0. The molecule has 9 heteroatoms. The van der Waals surface area contributed by atoms with Crippen LogP contribution in [0.2, 0.25) is 0 Å². The van der Waals surface area contributed by atoms with Gasteiger partial charge in [0.05, 0.1) is 32.5 Å². The Bertz CT molecular complexity index is 1170. The van der Waals surface area contributed by atoms with Crippen molar-refractivity contribution >= 4 is 17.4 Å². The van der Waals surface area contributed by atoms with Gasteiger partial charge in [-0.3, -0.25) is 4.79 Å². The van der Waals surface area contributed by atoms with Crippen molar-refractivity contribution in [2.45, 2.75) is 40.2 Å². The lowest BCUT2D eigenvalue weighted by Crippen LogP contribution is -2.44. The first kappa shape index (κ1) is 27.0. The molecule has 0 spiro atoms. The van der Waals surface area contributed by atoms with E-state index in [1.807, 2.05) is 32.9 Å². The van der Waals surface area contributed by atoms with Crippen LogP contribution in [0, 0.1) is 20.8 Å². The van der Waals surface area contributed by atoms with Crippen molar-refractivity contribution in [3.63, 3.8) is 0 Å². The fourth-order valence-electron chi connectivity index (χ4n) is 4.50. The molecular weight excluding hydrogens is 466 g/mol. The minimum atomic E-state index is -1.12. The second-order valence-electron chi connectivity index (χ2n) is 8.98. The quantitative estimate of drug-likeness (QED) is 0.371. The Balaban J connectivity index is 2.18. The molecule has 0 saturated carbocycles. The van der Waals surface area contributed by atoms with E-state index in [0.717, 1.165) is 16.7 Å². The highest BCUT2D eigenvalue weighted by Gasteiger charge is 2.50. The van der Waals surface area contributed by atoms with E-state index >= 15 is 0 Å². The van der Waals surface area contributed by atoms with Crippen molar-refractivity contribution in [3.8, 4) is 17.2 Å². The molecule has 0 saturated heterocycles. The Morgan fingerprint density at radius 2 is 1.44 bits per heavy atom. The summed E-state index contributed by atoms with van der Waals surface area (Å²) in [5.74, 6) is -0.0150. The lowest BCUT2D eigenvalue weighted by Gasteiger charge is -2.31. The summed E-state index contributed by atoms with van der Waals surface area (Å²) >= 11 is 0. The van der Waals surface area contributed by atoms with Gasteiger partial charge in [0.15, 0.2) is 18.3 Å². The molecule has 0 atom stereocenters. The third-order valence-corrected chi connectivity index (χ3v) is 6.01. The van der Waals surface area contributed by atoms with E-state index in [1.165, 1.54) is 45.6 Å². The first-order chi connectivity index (χ1) is 17.0. The van der Waals surface area contributed by atoms with E-state index in [2.05, 4.69) is 0 Å². The van der Waals surface area contributed by atoms with Crippen LogP contribution >= 0.6 is 0 Å². The van der Waals surface area contributed by atoms with E-state index in [1.54, 1.807) is 13.8 Å². The second-order valence-corrected chi connectivity index (χ2v) is 8.98. The first-order valence-electron chi connectivity index (χ1n) is 11.3. The highest BCUT2D eigenvalue weighted by molar-refractivity contribution is 6.23. The molecule has 0 fully saturated rings. The van der Waals surface area contributed by atoms with E-state index in [4.69, 9.17) is 28.5 Å². The third-order valence-electron chi connectivity index (χ3n) is 6.01. The summed E-state index contributed by atoms with van der Waals surface area (Å²) in [6.07, 6.45) is 0. The molecule has 1 amide bonds. The lowest BCUT2D eigenvalue weighted by molar-refractivity contribution is -0.238. The number of nitrogens with zero attached hydrogens (tertiary/aromatic N) is 1. The lowest BCUT2D eigenvalue weighted by atomic mass is 9.91. The highest BCUT2D eigenvalue weighted by atomic mass is 16.8. The number of esters is 1. The van der Waals surface area contributed by atoms with Crippen molar-refractivity contribution in [1.29, 1.82) is 0 Å². The van der Waals surface area contributed by atoms with Gasteiger partial charge in [0.25, 0.3) is 5.91 Å². The van der Waals surface area contributed by atoms with Crippen LogP contribution in [-0.2, 0) is 19.1 Å². The molecule has 0 unspecified atom stereocenters. The summed E-state index contributed by atoms with van der Waals surface area (Å²) in [6.45, 7) is 9.15. The molecular formula is C27H33NO8. The van der Waals surface area contributed by atoms with Crippen LogP contribution in [-0.4, -0.2) is 57.7 Å². The zero-order valence-corrected chi connectivity index (χ0v) is 22.2. The predicted molar refractivity (Wildman–Crippen MR) is 133 cm³/mol. The van der Waals surface area contributed by atoms with Crippen LogP contribution in [0.4, 0.5) is 0 Å². The molecule has 2 aromatic rings. The molecule has 0 aliphatic carbocycles. The number of hydroxylamine groups is 2. The molecule has 1 aliphatic heterocycles. The van der Waals surface area contributed by atoms with Crippen molar-refractivity contribution in [2.24, 2.45) is 0 Å². The summed E-state index contributed by atoms with van der Waals surface area (Å²) in [5.41, 5.74) is 2.80. The molecule has 0 bridgehead atoms. The maximum Gasteiger partial charge on any atom is 0.343 e. The molecule has 0 radical (unpaired) electrons. The highest BCUT2D eigenvalue weighted by Crippen LogP contribution is 2.44. The van der Waals surface area contributed by atoms with E-state index in [0.29, 0.717) is 22.8 Å². The minimum absolute atomic E-state index is 0.150. The number of ether oxygens (including phenoxy) is 5. The third kappa shape index (κ3) is 4.76. The van der Waals surface area contributed by atoms with Gasteiger partial charge in [0, 0.05) is 7.11 Å². The Kier molecular flexibility index (Phi) is 7.96. The summed E-state index contributed by atoms with van der Waals surface area (Å²) in [7, 11) is 5.85. The predicted octanol–water partition coefficient (Wildman–Crippen LogP) is 4.36. The standard InChI is InChI=1S/C27H33NO8/c1-15-10-16(2)21(17(3)11-15)22-24(27(4,5)28(25(22)29)35-14-31-6)36-26(30)18-12-19(32-7)23(34-9)20(13-18)33-8/h10-13H,14H2,1-9H3. The van der Waals surface area contributed by atoms with Gasteiger partial charge >= 0.3 is 5.97 Å². The van der Waals surface area contributed by atoms with Crippen molar-refractivity contribution < 1.29 is 38.1 Å². The number of aryl methyl sites for hydroxylation is 3. The van der Waals surface area contributed by atoms with Gasteiger partial charge in [-0.05, 0) is 63.4 Å². The van der Waals surface area contributed by atoms with Crippen LogP contribution in [0.1, 0.15) is 46.5 Å². The first-order valence-corrected chi connectivity index (χ1v) is 11.3. The van der Waals surface area contributed by atoms with Gasteiger partial charge in [-0.15, -0.1) is 0 Å². The number of hydrogen-bond acceptors (Lipinski definition) is 8. The van der Waals surface area contributed by atoms with Crippen molar-refractivity contribution in [2.75, 3.05) is 35.2 Å². The summed E-state index contributed by atoms with van der Waals surface area (Å²) in [4.78, 5) is 32.7. The van der Waals surface area contributed by atoms with Crippen LogP contribution in [0.15, 0.2) is 30.0 Å². The molecule has 0 N–H and O–H groups in total. The fraction of sp³-hybridized carbons (Fsp3) is 0.407. The molecule has 0 aromatic heterocycles. The smallest absolute Gasteiger partial charge is 0.343 e. The van der Waals surface area contributed by atoms with Crippen LogP contribution in [0.25, 0.3) is 5.57 Å². The Morgan fingerprint density at radius 3 is 1.92 bits per heavy atom. The zero-order valence-electron chi connectivity index (χ0n) is 22.2. The maximum atomic E-state index is 13.7. The topological polar surface area (TPSA) is 92.8 Å². The van der Waals surface area contributed by atoms with Crippen LogP contribution < -0.4 is 14.2 Å². The minimum Gasteiger partial charge on any atom is -0.493 e. The second kappa shape index (κ2) is 10.6. The molecule has 2 aromatic carbocycles. The number of carbonyl (C=O) groups excluding carboxylic acids is 2. The largest absolute Gasteiger partial charge is 0.493 e. The number of benzene rings is 2. The maximum absolute atomic E-state index is 13.7. The number of amides is 1. The van der Waals surface area contributed by atoms with Crippen molar-refractivity contribution in [1.82, 2.24) is 5.06 Å². The van der Waals surface area contributed by atoms with Crippen LogP contribution in [0.5, 0.6) is 17.2 Å². The summed E-state index contributed by atoms with van der Waals surface area (Å²) in [6, 6.07) is 6.95. The van der Waals surface area contributed by atoms with Crippen LogP contribution in [0.3, 0.4) is 0 Å². The Hall–Kier alpha value is -3.56. The van der Waals surface area contributed by atoms with Gasteiger partial charge in [0.2, 0.25) is 5.75 Å². The molecule has 9 nitrogen and oxygen atoms in total. The molecule has 1 heterocycles. The molecule has 194 valence electrons. The van der Waals surface area contributed by atoms with Gasteiger partial charge in [0.1, 0.15) is 11.3 Å². The fourth-order valence-corrected chi connectivity index (χ4v) is 4.50.